The van der Waals surface area contributed by atoms with Crippen LogP contribution in [0.15, 0.2) is 48.9 Å². The highest BCUT2D eigenvalue weighted by atomic mass is 19.4. The van der Waals surface area contributed by atoms with Gasteiger partial charge in [0.15, 0.2) is 5.82 Å². The molecular formula is C17H11F5N4. The lowest BCUT2D eigenvalue weighted by Crippen LogP contribution is -2.07. The number of hydrogen-bond acceptors (Lipinski definition) is 4. The molecule has 2 heterocycles. The van der Waals surface area contributed by atoms with Crippen LogP contribution in [0.2, 0.25) is 0 Å². The number of pyridine rings is 1. The zero-order valence-corrected chi connectivity index (χ0v) is 13.1. The van der Waals surface area contributed by atoms with Gasteiger partial charge in [0.2, 0.25) is 0 Å². The number of anilines is 1. The molecule has 1 aromatic carbocycles. The number of rotatable bonds is 4. The van der Waals surface area contributed by atoms with E-state index in [-0.39, 0.29) is 29.3 Å². The summed E-state index contributed by atoms with van der Waals surface area (Å²) in [5, 5.41) is 2.78. The fraction of sp³-hybridized carbons (Fsp3) is 0.118. The van der Waals surface area contributed by atoms with Crippen molar-refractivity contribution >= 4 is 5.82 Å². The van der Waals surface area contributed by atoms with E-state index in [1.54, 1.807) is 0 Å². The minimum absolute atomic E-state index is 0.0216. The zero-order valence-electron chi connectivity index (χ0n) is 13.1. The van der Waals surface area contributed by atoms with Gasteiger partial charge in [-0.25, -0.2) is 18.7 Å². The Bertz CT molecular complexity index is 927. The van der Waals surface area contributed by atoms with E-state index in [0.717, 1.165) is 24.3 Å². The van der Waals surface area contributed by atoms with Crippen LogP contribution in [-0.2, 0) is 12.7 Å². The first-order chi connectivity index (χ1) is 12.3. The Kier molecular flexibility index (Phi) is 4.79. The van der Waals surface area contributed by atoms with E-state index in [2.05, 4.69) is 20.3 Å². The first-order valence-electron chi connectivity index (χ1n) is 7.36. The van der Waals surface area contributed by atoms with Crippen molar-refractivity contribution in [2.45, 2.75) is 12.7 Å². The number of alkyl halides is 3. The number of nitrogens with zero attached hydrogens (tertiary/aromatic N) is 3. The number of benzene rings is 1. The van der Waals surface area contributed by atoms with Crippen LogP contribution in [0.25, 0.3) is 11.4 Å². The minimum Gasteiger partial charge on any atom is -0.366 e. The summed E-state index contributed by atoms with van der Waals surface area (Å²) >= 11 is 0. The molecule has 0 fully saturated rings. The average Bonchev–Trinajstić information content (AvgIpc) is 2.62. The monoisotopic (exact) mass is 366 g/mol. The SMILES string of the molecule is Fc1ccc(F)c(CNc2ccnc(-c3cncc(C(F)(F)F)c3)n2)c1. The fourth-order valence-electron chi connectivity index (χ4n) is 2.18. The lowest BCUT2D eigenvalue weighted by molar-refractivity contribution is -0.137. The molecule has 134 valence electrons. The summed E-state index contributed by atoms with van der Waals surface area (Å²) in [5.74, 6) is -0.902. The van der Waals surface area contributed by atoms with Crippen LogP contribution in [0.4, 0.5) is 27.8 Å². The molecule has 9 heteroatoms. The number of aromatic nitrogens is 3. The maximum atomic E-state index is 13.6. The van der Waals surface area contributed by atoms with Crippen molar-refractivity contribution in [3.05, 3.63) is 71.7 Å². The highest BCUT2D eigenvalue weighted by molar-refractivity contribution is 5.56. The van der Waals surface area contributed by atoms with Gasteiger partial charge in [-0.15, -0.1) is 0 Å². The second kappa shape index (κ2) is 7.03. The molecule has 3 rings (SSSR count). The van der Waals surface area contributed by atoms with Gasteiger partial charge < -0.3 is 5.32 Å². The van der Waals surface area contributed by atoms with Crippen LogP contribution in [-0.4, -0.2) is 15.0 Å². The molecule has 1 N–H and O–H groups in total. The molecular weight excluding hydrogens is 355 g/mol. The molecule has 0 spiro atoms. The summed E-state index contributed by atoms with van der Waals surface area (Å²) in [6.07, 6.45) is -1.28. The van der Waals surface area contributed by atoms with Gasteiger partial charge in [-0.05, 0) is 30.3 Å². The van der Waals surface area contributed by atoms with Crippen molar-refractivity contribution in [1.82, 2.24) is 15.0 Å². The second-order valence-corrected chi connectivity index (χ2v) is 5.31. The summed E-state index contributed by atoms with van der Waals surface area (Å²) < 4.78 is 65.1. The maximum Gasteiger partial charge on any atom is 0.417 e. The van der Waals surface area contributed by atoms with Crippen molar-refractivity contribution in [3.63, 3.8) is 0 Å². The Hall–Kier alpha value is -3.10. The highest BCUT2D eigenvalue weighted by Gasteiger charge is 2.31. The van der Waals surface area contributed by atoms with Crippen LogP contribution < -0.4 is 5.32 Å². The van der Waals surface area contributed by atoms with E-state index in [1.807, 2.05) is 0 Å². The van der Waals surface area contributed by atoms with Gasteiger partial charge in [0.25, 0.3) is 0 Å². The predicted molar refractivity (Wildman–Crippen MR) is 83.9 cm³/mol. The minimum atomic E-state index is -4.53. The van der Waals surface area contributed by atoms with Crippen LogP contribution in [0.3, 0.4) is 0 Å². The first kappa shape index (κ1) is 17.7. The quantitative estimate of drug-likeness (QED) is 0.694. The van der Waals surface area contributed by atoms with E-state index >= 15 is 0 Å². The molecule has 0 aliphatic carbocycles. The Morgan fingerprint density at radius 3 is 2.58 bits per heavy atom. The zero-order chi connectivity index (χ0) is 18.7. The van der Waals surface area contributed by atoms with E-state index in [0.29, 0.717) is 6.20 Å². The van der Waals surface area contributed by atoms with E-state index in [1.165, 1.54) is 18.5 Å². The average molecular weight is 366 g/mol. The van der Waals surface area contributed by atoms with Crippen LogP contribution >= 0.6 is 0 Å². The predicted octanol–water partition coefficient (Wildman–Crippen LogP) is 4.45. The lowest BCUT2D eigenvalue weighted by Gasteiger charge is -2.09. The lowest BCUT2D eigenvalue weighted by atomic mass is 10.2. The molecule has 0 bridgehead atoms. The Morgan fingerprint density at radius 1 is 1.00 bits per heavy atom. The standard InChI is InChI=1S/C17H11F5N4/c18-13-1-2-14(19)10(6-13)8-25-15-3-4-24-16(26-15)11-5-12(9-23-7-11)17(20,21)22/h1-7,9H,8H2,(H,24,25,26). The summed E-state index contributed by atoms with van der Waals surface area (Å²) in [6, 6.07) is 5.40. The van der Waals surface area contributed by atoms with E-state index in [9.17, 15) is 22.0 Å². The molecule has 0 saturated carbocycles. The van der Waals surface area contributed by atoms with Gasteiger partial charge in [0, 0.05) is 36.3 Å². The van der Waals surface area contributed by atoms with Crippen molar-refractivity contribution in [2.75, 3.05) is 5.32 Å². The molecule has 0 unspecified atom stereocenters. The van der Waals surface area contributed by atoms with Crippen LogP contribution in [0, 0.1) is 11.6 Å². The number of halogens is 5. The molecule has 0 aliphatic heterocycles. The third-order valence-corrected chi connectivity index (χ3v) is 3.45. The van der Waals surface area contributed by atoms with Crippen molar-refractivity contribution in [1.29, 1.82) is 0 Å². The third-order valence-electron chi connectivity index (χ3n) is 3.45. The Morgan fingerprint density at radius 2 is 1.81 bits per heavy atom. The topological polar surface area (TPSA) is 50.7 Å². The molecule has 0 amide bonds. The molecule has 4 nitrogen and oxygen atoms in total. The molecule has 3 aromatic rings. The van der Waals surface area contributed by atoms with E-state index in [4.69, 9.17) is 0 Å². The van der Waals surface area contributed by atoms with Gasteiger partial charge in [0.1, 0.15) is 17.5 Å². The summed E-state index contributed by atoms with van der Waals surface area (Å²) in [7, 11) is 0. The van der Waals surface area contributed by atoms with Gasteiger partial charge >= 0.3 is 6.18 Å². The highest BCUT2D eigenvalue weighted by Crippen LogP contribution is 2.30. The normalized spacial score (nSPS) is 11.4. The van der Waals surface area contributed by atoms with Gasteiger partial charge in [-0.2, -0.15) is 13.2 Å². The van der Waals surface area contributed by atoms with Gasteiger partial charge in [-0.3, -0.25) is 4.98 Å². The van der Waals surface area contributed by atoms with E-state index < -0.39 is 23.4 Å². The molecule has 0 aliphatic rings. The van der Waals surface area contributed by atoms with Crippen molar-refractivity contribution in [2.24, 2.45) is 0 Å². The summed E-state index contributed by atoms with van der Waals surface area (Å²) in [4.78, 5) is 11.6. The smallest absolute Gasteiger partial charge is 0.366 e. The Balaban J connectivity index is 1.82. The van der Waals surface area contributed by atoms with Gasteiger partial charge in [-0.1, -0.05) is 0 Å². The molecule has 0 saturated heterocycles. The maximum absolute atomic E-state index is 13.6. The van der Waals surface area contributed by atoms with Crippen LogP contribution in [0.1, 0.15) is 11.1 Å². The largest absolute Gasteiger partial charge is 0.417 e. The first-order valence-corrected chi connectivity index (χ1v) is 7.36. The summed E-state index contributed by atoms with van der Waals surface area (Å²) in [6.45, 7) is -0.0547. The second-order valence-electron chi connectivity index (χ2n) is 5.31. The third kappa shape index (κ3) is 4.11. The molecule has 0 radical (unpaired) electrons. The number of nitrogens with one attached hydrogen (secondary N) is 1. The summed E-state index contributed by atoms with van der Waals surface area (Å²) in [5.41, 5.74) is -0.745. The van der Waals surface area contributed by atoms with Crippen molar-refractivity contribution in [3.8, 4) is 11.4 Å². The number of hydrogen-bond donors (Lipinski definition) is 1. The van der Waals surface area contributed by atoms with Gasteiger partial charge in [0.05, 0.1) is 5.56 Å². The molecule has 26 heavy (non-hydrogen) atoms. The fourth-order valence-corrected chi connectivity index (χ4v) is 2.18. The molecule has 0 atom stereocenters. The Labute approximate surface area is 144 Å². The molecule has 2 aromatic heterocycles. The van der Waals surface area contributed by atoms with Crippen LogP contribution in [0.5, 0.6) is 0 Å². The van der Waals surface area contributed by atoms with Crippen molar-refractivity contribution < 1.29 is 22.0 Å².